The number of ether oxygens (including phenoxy) is 1. The predicted octanol–water partition coefficient (Wildman–Crippen LogP) is 4.90. The normalized spacial score (nSPS) is 23.5. The van der Waals surface area contributed by atoms with Crippen LogP contribution in [0.3, 0.4) is 0 Å². The van der Waals surface area contributed by atoms with Crippen LogP contribution in [0.15, 0.2) is 30.3 Å². The number of fused-ring (bicyclic) bond motifs is 2. The van der Waals surface area contributed by atoms with E-state index in [0.29, 0.717) is 23.4 Å². The Morgan fingerprint density at radius 1 is 1.17 bits per heavy atom. The van der Waals surface area contributed by atoms with E-state index in [2.05, 4.69) is 5.32 Å². The SMILES string of the molecule is CCOC(=O)c1c(NC(=O)C(Cc2ccccc2)N2C(=O)C3CCC(C)(C2=O)C3(C)C)sc(C)c1C. The lowest BCUT2D eigenvalue weighted by Gasteiger charge is -2.49. The Morgan fingerprint density at radius 3 is 2.47 bits per heavy atom. The summed E-state index contributed by atoms with van der Waals surface area (Å²) in [5.74, 6) is -1.92. The van der Waals surface area contributed by atoms with Gasteiger partial charge in [-0.15, -0.1) is 11.3 Å². The summed E-state index contributed by atoms with van der Waals surface area (Å²) in [6.07, 6.45) is 1.42. The van der Waals surface area contributed by atoms with Gasteiger partial charge in [-0.25, -0.2) is 4.79 Å². The predicted molar refractivity (Wildman–Crippen MR) is 139 cm³/mol. The number of imide groups is 1. The molecule has 2 aliphatic rings. The van der Waals surface area contributed by atoms with Gasteiger partial charge in [-0.2, -0.15) is 0 Å². The number of piperidine rings is 1. The number of nitrogens with zero attached hydrogens (tertiary/aromatic N) is 1. The molecule has 2 fully saturated rings. The van der Waals surface area contributed by atoms with Crippen LogP contribution in [0.1, 0.15) is 66.9 Å². The zero-order valence-corrected chi connectivity index (χ0v) is 22.6. The Kier molecular flexibility index (Phi) is 6.86. The van der Waals surface area contributed by atoms with Gasteiger partial charge in [0.1, 0.15) is 11.0 Å². The number of carbonyl (C=O) groups excluding carboxylic acids is 4. The van der Waals surface area contributed by atoms with Gasteiger partial charge in [-0.3, -0.25) is 19.3 Å². The number of thiophene rings is 1. The Bertz CT molecular complexity index is 1220. The van der Waals surface area contributed by atoms with E-state index in [1.165, 1.54) is 16.2 Å². The number of anilines is 1. The molecule has 2 bridgehead atoms. The molecule has 7 nitrogen and oxygen atoms in total. The van der Waals surface area contributed by atoms with Gasteiger partial charge in [0, 0.05) is 17.2 Å². The summed E-state index contributed by atoms with van der Waals surface area (Å²) < 4.78 is 5.22. The molecule has 1 aromatic heterocycles. The van der Waals surface area contributed by atoms with Crippen molar-refractivity contribution in [3.05, 3.63) is 51.9 Å². The monoisotopic (exact) mass is 510 g/mol. The molecule has 1 aliphatic heterocycles. The van der Waals surface area contributed by atoms with Crippen molar-refractivity contribution in [2.24, 2.45) is 16.7 Å². The minimum absolute atomic E-state index is 0.186. The smallest absolute Gasteiger partial charge is 0.341 e. The number of likely N-dealkylation sites (tertiary alicyclic amines) is 1. The maximum Gasteiger partial charge on any atom is 0.341 e. The Hall–Kier alpha value is -3.00. The fourth-order valence-corrected chi connectivity index (χ4v) is 6.69. The Labute approximate surface area is 216 Å². The van der Waals surface area contributed by atoms with Crippen molar-refractivity contribution in [1.82, 2.24) is 4.90 Å². The van der Waals surface area contributed by atoms with Gasteiger partial charge < -0.3 is 10.1 Å². The minimum Gasteiger partial charge on any atom is -0.462 e. The van der Waals surface area contributed by atoms with Crippen molar-refractivity contribution >= 4 is 40.0 Å². The first kappa shape index (κ1) is 26.1. The highest BCUT2D eigenvalue weighted by Gasteiger charge is 2.65. The molecule has 0 radical (unpaired) electrons. The molecule has 36 heavy (non-hydrogen) atoms. The van der Waals surface area contributed by atoms with Crippen molar-refractivity contribution < 1.29 is 23.9 Å². The first-order valence-corrected chi connectivity index (χ1v) is 13.2. The molecule has 3 amide bonds. The number of carbonyl (C=O) groups is 4. The van der Waals surface area contributed by atoms with Gasteiger partial charge in [0.25, 0.3) is 0 Å². The van der Waals surface area contributed by atoms with Crippen LogP contribution in [0.2, 0.25) is 0 Å². The van der Waals surface area contributed by atoms with Crippen LogP contribution in [-0.4, -0.2) is 41.2 Å². The highest BCUT2D eigenvalue weighted by atomic mass is 32.1. The zero-order valence-electron chi connectivity index (χ0n) is 21.8. The third kappa shape index (κ3) is 4.05. The molecule has 3 atom stereocenters. The van der Waals surface area contributed by atoms with E-state index < -0.39 is 28.7 Å². The third-order valence-electron chi connectivity index (χ3n) is 8.44. The molecule has 0 spiro atoms. The van der Waals surface area contributed by atoms with Crippen LogP contribution in [0.5, 0.6) is 0 Å². The van der Waals surface area contributed by atoms with Crippen LogP contribution < -0.4 is 5.32 Å². The van der Waals surface area contributed by atoms with Crippen molar-refractivity contribution in [2.45, 2.75) is 66.8 Å². The fourth-order valence-electron chi connectivity index (χ4n) is 5.64. The highest BCUT2D eigenvalue weighted by molar-refractivity contribution is 7.16. The van der Waals surface area contributed by atoms with Gasteiger partial charge >= 0.3 is 5.97 Å². The lowest BCUT2D eigenvalue weighted by atomic mass is 9.62. The van der Waals surface area contributed by atoms with Crippen LogP contribution in [0, 0.1) is 30.6 Å². The van der Waals surface area contributed by atoms with Gasteiger partial charge in [0.15, 0.2) is 0 Å². The number of rotatable bonds is 7. The van der Waals surface area contributed by atoms with E-state index in [-0.39, 0.29) is 30.8 Å². The molecule has 1 aromatic carbocycles. The molecule has 2 aromatic rings. The van der Waals surface area contributed by atoms with E-state index in [1.807, 2.05) is 65.0 Å². The van der Waals surface area contributed by atoms with E-state index in [0.717, 1.165) is 16.0 Å². The summed E-state index contributed by atoms with van der Waals surface area (Å²) in [7, 11) is 0. The number of aryl methyl sites for hydroxylation is 1. The highest BCUT2D eigenvalue weighted by Crippen LogP contribution is 2.60. The average Bonchev–Trinajstić information content (AvgIpc) is 3.20. The quantitative estimate of drug-likeness (QED) is 0.422. The van der Waals surface area contributed by atoms with Gasteiger partial charge in [0.05, 0.1) is 17.6 Å². The first-order chi connectivity index (χ1) is 16.9. The molecule has 1 aliphatic carbocycles. The Balaban J connectivity index is 1.73. The number of amides is 3. The van der Waals surface area contributed by atoms with Crippen LogP contribution >= 0.6 is 11.3 Å². The second-order valence-electron chi connectivity index (χ2n) is 10.6. The number of hydrogen-bond acceptors (Lipinski definition) is 6. The number of hydrogen-bond donors (Lipinski definition) is 1. The van der Waals surface area contributed by atoms with Gasteiger partial charge in [-0.1, -0.05) is 51.1 Å². The lowest BCUT2D eigenvalue weighted by molar-refractivity contribution is -0.172. The van der Waals surface area contributed by atoms with Crippen molar-refractivity contribution in [2.75, 3.05) is 11.9 Å². The van der Waals surface area contributed by atoms with E-state index in [4.69, 9.17) is 4.74 Å². The van der Waals surface area contributed by atoms with Crippen molar-refractivity contribution in [1.29, 1.82) is 0 Å². The summed E-state index contributed by atoms with van der Waals surface area (Å²) in [5.41, 5.74) is 0.684. The summed E-state index contributed by atoms with van der Waals surface area (Å²) in [6.45, 7) is 11.5. The molecule has 1 N–H and O–H groups in total. The zero-order chi connectivity index (χ0) is 26.4. The molecule has 4 rings (SSSR count). The lowest BCUT2D eigenvalue weighted by Crippen LogP contribution is -2.64. The summed E-state index contributed by atoms with van der Waals surface area (Å²) >= 11 is 1.29. The molecule has 1 saturated heterocycles. The van der Waals surface area contributed by atoms with Crippen LogP contribution in [0.4, 0.5) is 5.00 Å². The van der Waals surface area contributed by atoms with E-state index >= 15 is 0 Å². The Morgan fingerprint density at radius 2 is 1.83 bits per heavy atom. The largest absolute Gasteiger partial charge is 0.462 e. The number of nitrogens with one attached hydrogen (secondary N) is 1. The first-order valence-electron chi connectivity index (χ1n) is 12.4. The third-order valence-corrected chi connectivity index (χ3v) is 9.56. The number of esters is 1. The molecule has 3 unspecified atom stereocenters. The topological polar surface area (TPSA) is 92.8 Å². The summed E-state index contributed by atoms with van der Waals surface area (Å²) in [6, 6.07) is 8.32. The molecule has 8 heteroatoms. The number of benzene rings is 1. The fraction of sp³-hybridized carbons (Fsp3) is 0.500. The second-order valence-corrected chi connectivity index (χ2v) is 11.8. The van der Waals surface area contributed by atoms with Gasteiger partial charge in [-0.05, 0) is 50.2 Å². The van der Waals surface area contributed by atoms with Crippen LogP contribution in [-0.2, 0) is 25.5 Å². The molecule has 192 valence electrons. The standard InChI is InChI=1S/C28H34N2O5S/c1-7-35-25(33)21-16(2)17(3)36-23(21)29-22(31)20(15-18-11-9-8-10-12-18)30-24(32)19-13-14-28(6,26(30)34)27(19,4)5/h8-12,19-20H,7,13-15H2,1-6H3,(H,29,31). The van der Waals surface area contributed by atoms with Crippen molar-refractivity contribution in [3.8, 4) is 0 Å². The summed E-state index contributed by atoms with van der Waals surface area (Å²) in [4.78, 5) is 56.2. The maximum atomic E-state index is 13.9. The minimum atomic E-state index is -1.04. The molecule has 2 heterocycles. The van der Waals surface area contributed by atoms with Crippen molar-refractivity contribution in [3.63, 3.8) is 0 Å². The molecular formula is C28H34N2O5S. The van der Waals surface area contributed by atoms with Crippen LogP contribution in [0.25, 0.3) is 0 Å². The van der Waals surface area contributed by atoms with E-state index in [1.54, 1.807) is 6.92 Å². The van der Waals surface area contributed by atoms with Gasteiger partial charge in [0.2, 0.25) is 17.7 Å². The average molecular weight is 511 g/mol. The molecular weight excluding hydrogens is 476 g/mol. The maximum absolute atomic E-state index is 13.9. The summed E-state index contributed by atoms with van der Waals surface area (Å²) in [5, 5.41) is 3.26. The molecule has 1 saturated carbocycles. The van der Waals surface area contributed by atoms with E-state index in [9.17, 15) is 19.2 Å². The second kappa shape index (κ2) is 9.47.